The number of carbonyl (C=O) groups is 1. The van der Waals surface area contributed by atoms with Crippen molar-refractivity contribution in [2.75, 3.05) is 6.61 Å². The number of hydrogen-bond acceptors (Lipinski definition) is 4. The lowest BCUT2D eigenvalue weighted by atomic mass is 10.1. The summed E-state index contributed by atoms with van der Waals surface area (Å²) in [4.78, 5) is 18.9. The molecule has 0 fully saturated rings. The van der Waals surface area contributed by atoms with Crippen LogP contribution in [0.15, 0.2) is 48.5 Å². The van der Waals surface area contributed by atoms with Crippen LogP contribution in [0.3, 0.4) is 0 Å². The Balaban J connectivity index is 1.42. The van der Waals surface area contributed by atoms with Crippen LogP contribution in [0.5, 0.6) is 5.75 Å². The molecular weight excluding hydrogens is 342 g/mol. The summed E-state index contributed by atoms with van der Waals surface area (Å²) in [5.41, 5.74) is 4.64. The maximum atomic E-state index is 10.9. The number of hydroxylamine groups is 1. The SMILES string of the molecule is O=C(CCCCCCCOc1cccc(-c2nc3ccccc3[nH]2)c1)NO. The van der Waals surface area contributed by atoms with Crippen LogP contribution in [0.1, 0.15) is 38.5 Å². The number of aromatic amines is 1. The van der Waals surface area contributed by atoms with Crippen molar-refractivity contribution in [1.82, 2.24) is 15.4 Å². The molecule has 0 bridgehead atoms. The summed E-state index contributed by atoms with van der Waals surface area (Å²) in [6.07, 6.45) is 5.25. The van der Waals surface area contributed by atoms with Crippen LogP contribution >= 0.6 is 0 Å². The molecule has 0 atom stereocenters. The van der Waals surface area contributed by atoms with Crippen molar-refractivity contribution in [3.8, 4) is 17.1 Å². The number of amides is 1. The van der Waals surface area contributed by atoms with Crippen molar-refractivity contribution in [3.05, 3.63) is 48.5 Å². The zero-order valence-corrected chi connectivity index (χ0v) is 15.3. The molecule has 0 unspecified atom stereocenters. The Labute approximate surface area is 158 Å². The first-order valence-corrected chi connectivity index (χ1v) is 9.37. The minimum atomic E-state index is -0.317. The van der Waals surface area contributed by atoms with Gasteiger partial charge in [0.1, 0.15) is 11.6 Å². The molecule has 3 N–H and O–H groups in total. The van der Waals surface area contributed by atoms with Crippen LogP contribution in [0.4, 0.5) is 0 Å². The van der Waals surface area contributed by atoms with Crippen LogP contribution in [-0.2, 0) is 4.79 Å². The first kappa shape index (κ1) is 18.9. The quantitative estimate of drug-likeness (QED) is 0.281. The molecule has 0 aliphatic rings. The topological polar surface area (TPSA) is 87.2 Å². The lowest BCUT2D eigenvalue weighted by molar-refractivity contribution is -0.129. The van der Waals surface area contributed by atoms with Gasteiger partial charge in [-0.2, -0.15) is 0 Å². The summed E-state index contributed by atoms with van der Waals surface area (Å²) in [5, 5.41) is 8.42. The number of aromatic nitrogens is 2. The fraction of sp³-hybridized carbons (Fsp3) is 0.333. The Morgan fingerprint density at radius 2 is 1.85 bits per heavy atom. The lowest BCUT2D eigenvalue weighted by Gasteiger charge is -2.07. The Bertz CT molecular complexity index is 843. The first-order valence-electron chi connectivity index (χ1n) is 9.37. The molecular formula is C21H25N3O3. The van der Waals surface area contributed by atoms with Gasteiger partial charge in [0.15, 0.2) is 0 Å². The van der Waals surface area contributed by atoms with E-state index < -0.39 is 0 Å². The van der Waals surface area contributed by atoms with E-state index in [9.17, 15) is 4.79 Å². The van der Waals surface area contributed by atoms with Crippen LogP contribution in [0.2, 0.25) is 0 Å². The average molecular weight is 367 g/mol. The molecule has 3 aromatic rings. The monoisotopic (exact) mass is 367 g/mol. The standard InChI is InChI=1S/C21H25N3O3/c25-20(24-26)13-4-2-1-3-7-14-27-17-10-8-9-16(15-17)21-22-18-11-5-6-12-19(18)23-21/h5-6,8-12,15,26H,1-4,7,13-14H2,(H,22,23)(H,24,25). The number of nitrogens with zero attached hydrogens (tertiary/aromatic N) is 1. The van der Waals surface area contributed by atoms with Crippen molar-refractivity contribution in [2.24, 2.45) is 0 Å². The fourth-order valence-electron chi connectivity index (χ4n) is 2.99. The fourth-order valence-corrected chi connectivity index (χ4v) is 2.99. The molecule has 0 aliphatic heterocycles. The van der Waals surface area contributed by atoms with E-state index in [0.29, 0.717) is 13.0 Å². The van der Waals surface area contributed by atoms with Crippen LogP contribution in [-0.4, -0.2) is 27.7 Å². The summed E-state index contributed by atoms with van der Waals surface area (Å²) >= 11 is 0. The molecule has 3 rings (SSSR count). The van der Waals surface area contributed by atoms with Gasteiger partial charge in [0.25, 0.3) is 0 Å². The average Bonchev–Trinajstić information content (AvgIpc) is 3.14. The maximum Gasteiger partial charge on any atom is 0.243 e. The molecule has 2 aromatic carbocycles. The Morgan fingerprint density at radius 3 is 2.70 bits per heavy atom. The van der Waals surface area contributed by atoms with Crippen LogP contribution in [0.25, 0.3) is 22.4 Å². The smallest absolute Gasteiger partial charge is 0.243 e. The molecule has 0 aliphatic carbocycles. The van der Waals surface area contributed by atoms with E-state index >= 15 is 0 Å². The van der Waals surface area contributed by atoms with Gasteiger partial charge < -0.3 is 9.72 Å². The van der Waals surface area contributed by atoms with E-state index in [1.807, 2.05) is 48.5 Å². The maximum absolute atomic E-state index is 10.9. The first-order chi connectivity index (χ1) is 13.3. The molecule has 27 heavy (non-hydrogen) atoms. The molecule has 0 radical (unpaired) electrons. The molecule has 1 aromatic heterocycles. The number of benzene rings is 2. The van der Waals surface area contributed by atoms with Gasteiger partial charge in [-0.3, -0.25) is 10.0 Å². The van der Waals surface area contributed by atoms with Gasteiger partial charge in [0.2, 0.25) is 5.91 Å². The highest BCUT2D eigenvalue weighted by Gasteiger charge is 2.06. The van der Waals surface area contributed by atoms with E-state index in [1.165, 1.54) is 0 Å². The molecule has 0 spiro atoms. The number of unbranched alkanes of at least 4 members (excludes halogenated alkanes) is 4. The summed E-state index contributed by atoms with van der Waals surface area (Å²) in [6.45, 7) is 0.667. The number of para-hydroxylation sites is 2. The third-order valence-corrected chi connectivity index (χ3v) is 4.44. The van der Waals surface area contributed by atoms with Gasteiger partial charge in [-0.1, -0.05) is 43.5 Å². The Hall–Kier alpha value is -2.86. The van der Waals surface area contributed by atoms with E-state index in [-0.39, 0.29) is 5.91 Å². The van der Waals surface area contributed by atoms with Crippen molar-refractivity contribution >= 4 is 16.9 Å². The van der Waals surface area contributed by atoms with Crippen molar-refractivity contribution < 1.29 is 14.7 Å². The molecule has 0 saturated carbocycles. The number of hydrogen-bond donors (Lipinski definition) is 3. The number of imidazole rings is 1. The van der Waals surface area contributed by atoms with E-state index in [2.05, 4.69) is 9.97 Å². The van der Waals surface area contributed by atoms with Crippen molar-refractivity contribution in [1.29, 1.82) is 0 Å². The minimum Gasteiger partial charge on any atom is -0.494 e. The molecule has 0 saturated heterocycles. The predicted octanol–water partition coefficient (Wildman–Crippen LogP) is 4.45. The van der Waals surface area contributed by atoms with Crippen molar-refractivity contribution in [3.63, 3.8) is 0 Å². The summed E-state index contributed by atoms with van der Waals surface area (Å²) in [7, 11) is 0. The molecule has 6 heteroatoms. The number of rotatable bonds is 10. The minimum absolute atomic E-state index is 0.317. The highest BCUT2D eigenvalue weighted by Crippen LogP contribution is 2.24. The summed E-state index contributed by atoms with van der Waals surface area (Å²) in [6, 6.07) is 15.9. The number of ether oxygens (including phenoxy) is 1. The number of fused-ring (bicyclic) bond motifs is 1. The van der Waals surface area contributed by atoms with Gasteiger partial charge in [-0.25, -0.2) is 10.5 Å². The van der Waals surface area contributed by atoms with Gasteiger partial charge in [-0.05, 0) is 37.1 Å². The van der Waals surface area contributed by atoms with Gasteiger partial charge in [0, 0.05) is 12.0 Å². The van der Waals surface area contributed by atoms with Crippen molar-refractivity contribution in [2.45, 2.75) is 38.5 Å². The van der Waals surface area contributed by atoms with Gasteiger partial charge in [-0.15, -0.1) is 0 Å². The van der Waals surface area contributed by atoms with Gasteiger partial charge in [0.05, 0.1) is 17.6 Å². The highest BCUT2D eigenvalue weighted by molar-refractivity contribution is 5.79. The second kappa shape index (κ2) is 9.73. The zero-order valence-electron chi connectivity index (χ0n) is 15.3. The molecule has 1 amide bonds. The predicted molar refractivity (Wildman–Crippen MR) is 105 cm³/mol. The Morgan fingerprint density at radius 1 is 1.04 bits per heavy atom. The van der Waals surface area contributed by atoms with Gasteiger partial charge >= 0.3 is 0 Å². The highest BCUT2D eigenvalue weighted by atomic mass is 16.5. The van der Waals surface area contributed by atoms with E-state index in [1.54, 1.807) is 5.48 Å². The van der Waals surface area contributed by atoms with Crippen LogP contribution < -0.4 is 10.2 Å². The second-order valence-electron chi connectivity index (χ2n) is 6.53. The third kappa shape index (κ3) is 5.56. The van der Waals surface area contributed by atoms with Crippen LogP contribution in [0, 0.1) is 0 Å². The lowest BCUT2D eigenvalue weighted by Crippen LogP contribution is -2.17. The normalized spacial score (nSPS) is 10.9. The molecule has 6 nitrogen and oxygen atoms in total. The molecule has 142 valence electrons. The zero-order chi connectivity index (χ0) is 18.9. The van der Waals surface area contributed by atoms with E-state index in [4.69, 9.17) is 9.94 Å². The summed E-state index contributed by atoms with van der Waals surface area (Å²) < 4.78 is 5.87. The second-order valence-corrected chi connectivity index (χ2v) is 6.53. The number of nitrogens with one attached hydrogen (secondary N) is 2. The molecule has 1 heterocycles. The number of H-pyrrole nitrogens is 1. The largest absolute Gasteiger partial charge is 0.494 e. The van der Waals surface area contributed by atoms with E-state index in [0.717, 1.165) is 60.3 Å². The third-order valence-electron chi connectivity index (χ3n) is 4.44. The number of carbonyl (C=O) groups excluding carboxylic acids is 1. The Kier molecular flexibility index (Phi) is 6.82. The summed E-state index contributed by atoms with van der Waals surface area (Å²) in [5.74, 6) is 1.36.